The van der Waals surface area contributed by atoms with Crippen molar-refractivity contribution in [2.24, 2.45) is 0 Å². The van der Waals surface area contributed by atoms with Crippen LogP contribution in [0.25, 0.3) is 11.1 Å². The van der Waals surface area contributed by atoms with Gasteiger partial charge in [-0.3, -0.25) is 4.68 Å². The van der Waals surface area contributed by atoms with Gasteiger partial charge in [0.1, 0.15) is 0 Å². The van der Waals surface area contributed by atoms with E-state index in [-0.39, 0.29) is 6.04 Å². The summed E-state index contributed by atoms with van der Waals surface area (Å²) in [6, 6.07) is 7.26. The standard InChI is InChI=1S/C14H16N2O2/c1-9(2)16-8-13(10(3)15-16)11-6-4-5-7-12(11)14(17)18/h4-9H,1-3H3,(H,17,18). The molecule has 0 radical (unpaired) electrons. The zero-order valence-corrected chi connectivity index (χ0v) is 10.7. The Labute approximate surface area is 106 Å². The number of carboxylic acids is 1. The molecule has 18 heavy (non-hydrogen) atoms. The summed E-state index contributed by atoms with van der Waals surface area (Å²) in [5.74, 6) is -0.915. The van der Waals surface area contributed by atoms with Crippen LogP contribution >= 0.6 is 0 Å². The van der Waals surface area contributed by atoms with Crippen molar-refractivity contribution in [3.63, 3.8) is 0 Å². The molecule has 0 aliphatic heterocycles. The summed E-state index contributed by atoms with van der Waals surface area (Å²) in [5.41, 5.74) is 2.75. The van der Waals surface area contributed by atoms with Crippen molar-refractivity contribution < 1.29 is 9.90 Å². The van der Waals surface area contributed by atoms with E-state index in [2.05, 4.69) is 5.10 Å². The Bertz CT molecular complexity index is 585. The van der Waals surface area contributed by atoms with Gasteiger partial charge in [-0.15, -0.1) is 0 Å². The van der Waals surface area contributed by atoms with E-state index in [1.54, 1.807) is 12.1 Å². The molecular weight excluding hydrogens is 228 g/mol. The third-order valence-electron chi connectivity index (χ3n) is 2.89. The Morgan fingerprint density at radius 2 is 1.94 bits per heavy atom. The van der Waals surface area contributed by atoms with E-state index in [0.29, 0.717) is 5.56 Å². The van der Waals surface area contributed by atoms with Crippen LogP contribution in [0.3, 0.4) is 0 Å². The van der Waals surface area contributed by atoms with Crippen LogP contribution in [0.5, 0.6) is 0 Å². The predicted octanol–water partition coefficient (Wildman–Crippen LogP) is 3.14. The first-order valence-electron chi connectivity index (χ1n) is 5.89. The van der Waals surface area contributed by atoms with E-state index in [1.165, 1.54) is 0 Å². The summed E-state index contributed by atoms with van der Waals surface area (Å²) < 4.78 is 1.85. The molecule has 0 unspecified atom stereocenters. The van der Waals surface area contributed by atoms with Crippen LogP contribution in [-0.2, 0) is 0 Å². The molecule has 0 aliphatic rings. The fraction of sp³-hybridized carbons (Fsp3) is 0.286. The first-order chi connectivity index (χ1) is 8.50. The molecule has 0 bridgehead atoms. The lowest BCUT2D eigenvalue weighted by Crippen LogP contribution is -2.00. The molecule has 0 atom stereocenters. The number of aromatic nitrogens is 2. The molecule has 2 aromatic rings. The summed E-state index contributed by atoms with van der Waals surface area (Å²) in [7, 11) is 0. The quantitative estimate of drug-likeness (QED) is 0.902. The normalized spacial score (nSPS) is 10.9. The number of carboxylic acid groups (broad SMARTS) is 1. The average molecular weight is 244 g/mol. The minimum atomic E-state index is -0.915. The lowest BCUT2D eigenvalue weighted by atomic mass is 10.0. The second kappa shape index (κ2) is 4.64. The van der Waals surface area contributed by atoms with Gasteiger partial charge < -0.3 is 5.11 Å². The van der Waals surface area contributed by atoms with Gasteiger partial charge in [0.15, 0.2) is 0 Å². The van der Waals surface area contributed by atoms with Crippen molar-refractivity contribution in [3.05, 3.63) is 41.7 Å². The first kappa shape index (κ1) is 12.4. The van der Waals surface area contributed by atoms with Crippen molar-refractivity contribution in [1.29, 1.82) is 0 Å². The van der Waals surface area contributed by atoms with Crippen molar-refractivity contribution in [2.45, 2.75) is 26.8 Å². The smallest absolute Gasteiger partial charge is 0.336 e. The maximum Gasteiger partial charge on any atom is 0.336 e. The minimum Gasteiger partial charge on any atom is -0.478 e. The molecule has 94 valence electrons. The SMILES string of the molecule is Cc1nn(C(C)C)cc1-c1ccccc1C(=O)O. The lowest BCUT2D eigenvalue weighted by molar-refractivity contribution is 0.0698. The van der Waals surface area contributed by atoms with Crippen LogP contribution in [0.4, 0.5) is 0 Å². The predicted molar refractivity (Wildman–Crippen MR) is 69.7 cm³/mol. The topological polar surface area (TPSA) is 55.1 Å². The van der Waals surface area contributed by atoms with Crippen LogP contribution < -0.4 is 0 Å². The molecule has 0 saturated heterocycles. The van der Waals surface area contributed by atoms with Crippen LogP contribution in [0, 0.1) is 6.92 Å². The van der Waals surface area contributed by atoms with E-state index < -0.39 is 5.97 Å². The van der Waals surface area contributed by atoms with Gasteiger partial charge in [-0.2, -0.15) is 5.10 Å². The summed E-state index contributed by atoms with van der Waals surface area (Å²) in [5, 5.41) is 13.6. The van der Waals surface area contributed by atoms with E-state index in [1.807, 2.05) is 43.8 Å². The van der Waals surface area contributed by atoms with Gasteiger partial charge in [0.2, 0.25) is 0 Å². The Morgan fingerprint density at radius 1 is 1.28 bits per heavy atom. The fourth-order valence-electron chi connectivity index (χ4n) is 1.92. The number of hydrogen-bond donors (Lipinski definition) is 1. The third-order valence-corrected chi connectivity index (χ3v) is 2.89. The second-order valence-corrected chi connectivity index (χ2v) is 4.55. The molecule has 0 spiro atoms. The Kier molecular flexibility index (Phi) is 3.19. The van der Waals surface area contributed by atoms with Crippen LogP contribution in [0.15, 0.2) is 30.5 Å². The molecular formula is C14H16N2O2. The number of benzene rings is 1. The minimum absolute atomic E-state index is 0.259. The molecule has 4 nitrogen and oxygen atoms in total. The molecule has 1 aromatic heterocycles. The van der Waals surface area contributed by atoms with E-state index >= 15 is 0 Å². The van der Waals surface area contributed by atoms with Crippen molar-refractivity contribution in [2.75, 3.05) is 0 Å². The highest BCUT2D eigenvalue weighted by atomic mass is 16.4. The third kappa shape index (κ3) is 2.14. The molecule has 0 amide bonds. The van der Waals surface area contributed by atoms with Gasteiger partial charge in [-0.05, 0) is 32.4 Å². The van der Waals surface area contributed by atoms with Gasteiger partial charge in [-0.25, -0.2) is 4.79 Å². The summed E-state index contributed by atoms with van der Waals surface area (Å²) in [6.07, 6.45) is 1.90. The van der Waals surface area contributed by atoms with E-state index in [9.17, 15) is 9.90 Å². The number of aryl methyl sites for hydroxylation is 1. The molecule has 0 fully saturated rings. The van der Waals surface area contributed by atoms with Crippen LogP contribution in [-0.4, -0.2) is 20.9 Å². The maximum absolute atomic E-state index is 11.2. The number of nitrogens with zero attached hydrogens (tertiary/aromatic N) is 2. The highest BCUT2D eigenvalue weighted by Gasteiger charge is 2.15. The highest BCUT2D eigenvalue weighted by Crippen LogP contribution is 2.27. The zero-order chi connectivity index (χ0) is 13.3. The molecule has 0 saturated carbocycles. The van der Waals surface area contributed by atoms with E-state index in [0.717, 1.165) is 16.8 Å². The van der Waals surface area contributed by atoms with Gasteiger partial charge in [0.25, 0.3) is 0 Å². The monoisotopic (exact) mass is 244 g/mol. The highest BCUT2D eigenvalue weighted by molar-refractivity contribution is 5.96. The van der Waals surface area contributed by atoms with Crippen molar-refractivity contribution >= 4 is 5.97 Å². The molecule has 2 rings (SSSR count). The number of aromatic carboxylic acids is 1. The van der Waals surface area contributed by atoms with E-state index in [4.69, 9.17) is 0 Å². The Hall–Kier alpha value is -2.10. The van der Waals surface area contributed by atoms with Gasteiger partial charge in [-0.1, -0.05) is 18.2 Å². The Morgan fingerprint density at radius 3 is 2.50 bits per heavy atom. The summed E-state index contributed by atoms with van der Waals surface area (Å²) in [6.45, 7) is 5.98. The Balaban J connectivity index is 2.58. The molecule has 0 aliphatic carbocycles. The van der Waals surface area contributed by atoms with Gasteiger partial charge in [0, 0.05) is 17.8 Å². The largest absolute Gasteiger partial charge is 0.478 e. The average Bonchev–Trinajstić information content (AvgIpc) is 2.71. The molecule has 1 heterocycles. The molecule has 4 heteroatoms. The number of rotatable bonds is 3. The lowest BCUT2D eigenvalue weighted by Gasteiger charge is -2.05. The van der Waals surface area contributed by atoms with Gasteiger partial charge >= 0.3 is 5.97 Å². The fourth-order valence-corrected chi connectivity index (χ4v) is 1.92. The first-order valence-corrected chi connectivity index (χ1v) is 5.89. The van der Waals surface area contributed by atoms with Crippen molar-refractivity contribution in [1.82, 2.24) is 9.78 Å². The maximum atomic E-state index is 11.2. The number of hydrogen-bond acceptors (Lipinski definition) is 2. The zero-order valence-electron chi connectivity index (χ0n) is 10.7. The van der Waals surface area contributed by atoms with Crippen molar-refractivity contribution in [3.8, 4) is 11.1 Å². The molecule has 1 aromatic carbocycles. The van der Waals surface area contributed by atoms with Crippen LogP contribution in [0.2, 0.25) is 0 Å². The second-order valence-electron chi connectivity index (χ2n) is 4.55. The molecule has 1 N–H and O–H groups in total. The number of carbonyl (C=O) groups is 1. The van der Waals surface area contributed by atoms with Crippen LogP contribution in [0.1, 0.15) is 35.9 Å². The van der Waals surface area contributed by atoms with Gasteiger partial charge in [0.05, 0.1) is 11.3 Å². The summed E-state index contributed by atoms with van der Waals surface area (Å²) >= 11 is 0. The summed E-state index contributed by atoms with van der Waals surface area (Å²) in [4.78, 5) is 11.2.